The van der Waals surface area contributed by atoms with Crippen molar-refractivity contribution in [2.24, 2.45) is 5.92 Å². The van der Waals surface area contributed by atoms with Crippen LogP contribution in [0, 0.1) is 18.7 Å². The van der Waals surface area contributed by atoms with E-state index in [1.807, 2.05) is 0 Å². The van der Waals surface area contributed by atoms with Gasteiger partial charge in [0.25, 0.3) is 0 Å². The first kappa shape index (κ1) is 16.4. The van der Waals surface area contributed by atoms with E-state index < -0.39 is 22.4 Å². The van der Waals surface area contributed by atoms with Crippen LogP contribution in [0.15, 0.2) is 17.0 Å². The molecule has 2 N–H and O–H groups in total. The van der Waals surface area contributed by atoms with Crippen LogP contribution < -0.4 is 4.72 Å². The molecule has 21 heavy (non-hydrogen) atoms. The van der Waals surface area contributed by atoms with Gasteiger partial charge in [0.2, 0.25) is 10.0 Å². The van der Waals surface area contributed by atoms with Crippen LogP contribution in [0.3, 0.4) is 0 Å². The van der Waals surface area contributed by atoms with Crippen molar-refractivity contribution in [3.8, 4) is 0 Å². The van der Waals surface area contributed by atoms with Crippen LogP contribution in [0.5, 0.6) is 0 Å². The molecule has 1 aliphatic rings. The molecule has 0 aromatic heterocycles. The van der Waals surface area contributed by atoms with Gasteiger partial charge in [-0.1, -0.05) is 6.92 Å². The summed E-state index contributed by atoms with van der Waals surface area (Å²) < 4.78 is 41.2. The normalized spacial score (nSPS) is 23.2. The minimum Gasteiger partial charge on any atom is -0.392 e. The van der Waals surface area contributed by atoms with Crippen LogP contribution in [0.25, 0.3) is 0 Å². The minimum absolute atomic E-state index is 0.00708. The molecular weight excluding hydrogens is 293 g/mol. The number of aliphatic hydroxyl groups excluding tert-OH is 1. The lowest BCUT2D eigenvalue weighted by molar-refractivity contribution is 0.275. The molecule has 1 fully saturated rings. The molecule has 4 nitrogen and oxygen atoms in total. The molecule has 0 spiro atoms. The zero-order valence-electron chi connectivity index (χ0n) is 12.4. The van der Waals surface area contributed by atoms with E-state index in [1.165, 1.54) is 19.1 Å². The summed E-state index contributed by atoms with van der Waals surface area (Å²) in [6, 6.07) is 2.45. The summed E-state index contributed by atoms with van der Waals surface area (Å²) in [6.45, 7) is 3.15. The van der Waals surface area contributed by atoms with Crippen LogP contribution >= 0.6 is 0 Å². The Balaban J connectivity index is 2.21. The van der Waals surface area contributed by atoms with E-state index in [1.54, 1.807) is 0 Å². The Kier molecular flexibility index (Phi) is 5.01. The number of hydrogen-bond donors (Lipinski definition) is 2. The van der Waals surface area contributed by atoms with E-state index in [2.05, 4.69) is 11.6 Å². The zero-order chi connectivity index (χ0) is 15.6. The van der Waals surface area contributed by atoms with Crippen molar-refractivity contribution in [3.05, 3.63) is 29.1 Å². The average molecular weight is 315 g/mol. The first-order valence-corrected chi connectivity index (χ1v) is 8.74. The molecule has 1 aromatic rings. The SMILES string of the molecule is Cc1cc(S(=O)(=O)NC2CCC(C)CC2)cc(CO)c1F. The van der Waals surface area contributed by atoms with Crippen LogP contribution in [0.1, 0.15) is 43.7 Å². The van der Waals surface area contributed by atoms with E-state index in [0.29, 0.717) is 5.92 Å². The van der Waals surface area contributed by atoms with E-state index in [-0.39, 0.29) is 22.1 Å². The van der Waals surface area contributed by atoms with Crippen molar-refractivity contribution >= 4 is 10.0 Å². The number of nitrogens with one attached hydrogen (secondary N) is 1. The molecule has 0 unspecified atom stereocenters. The number of halogens is 1. The van der Waals surface area contributed by atoms with Crippen molar-refractivity contribution in [3.63, 3.8) is 0 Å². The summed E-state index contributed by atoms with van der Waals surface area (Å²) in [7, 11) is -3.68. The summed E-state index contributed by atoms with van der Waals surface area (Å²) in [5, 5.41) is 9.13. The second-order valence-corrected chi connectivity index (χ2v) is 7.66. The third-order valence-electron chi connectivity index (χ3n) is 4.12. The number of rotatable bonds is 4. The summed E-state index contributed by atoms with van der Waals surface area (Å²) >= 11 is 0. The van der Waals surface area contributed by atoms with Gasteiger partial charge in [-0.3, -0.25) is 0 Å². The molecule has 118 valence electrons. The summed E-state index contributed by atoms with van der Waals surface area (Å²) in [4.78, 5) is 0.0177. The largest absolute Gasteiger partial charge is 0.392 e. The number of aryl methyl sites for hydroxylation is 1. The third kappa shape index (κ3) is 3.81. The Morgan fingerprint density at radius 1 is 1.29 bits per heavy atom. The highest BCUT2D eigenvalue weighted by Gasteiger charge is 2.25. The van der Waals surface area contributed by atoms with E-state index in [9.17, 15) is 12.8 Å². The van der Waals surface area contributed by atoms with Crippen LogP contribution in [0.2, 0.25) is 0 Å². The Morgan fingerprint density at radius 3 is 2.48 bits per heavy atom. The first-order valence-electron chi connectivity index (χ1n) is 7.25. The van der Waals surface area contributed by atoms with Crippen LogP contribution in [0.4, 0.5) is 4.39 Å². The molecule has 1 aliphatic carbocycles. The predicted molar refractivity (Wildman–Crippen MR) is 78.8 cm³/mol. The smallest absolute Gasteiger partial charge is 0.240 e. The summed E-state index contributed by atoms with van der Waals surface area (Å²) in [5.74, 6) is 0.0859. The fourth-order valence-electron chi connectivity index (χ4n) is 2.74. The lowest BCUT2D eigenvalue weighted by atomic mass is 9.88. The molecule has 0 aliphatic heterocycles. The van der Waals surface area contributed by atoms with Gasteiger partial charge in [0.05, 0.1) is 11.5 Å². The molecule has 0 amide bonds. The monoisotopic (exact) mass is 315 g/mol. The van der Waals surface area contributed by atoms with Crippen LogP contribution in [-0.2, 0) is 16.6 Å². The van der Waals surface area contributed by atoms with Crippen molar-refractivity contribution in [2.75, 3.05) is 0 Å². The molecule has 6 heteroatoms. The molecule has 2 rings (SSSR count). The fraction of sp³-hybridized carbons (Fsp3) is 0.600. The summed E-state index contributed by atoms with van der Waals surface area (Å²) in [6.07, 6.45) is 3.68. The van der Waals surface area contributed by atoms with E-state index in [0.717, 1.165) is 25.7 Å². The van der Waals surface area contributed by atoms with Gasteiger partial charge in [0.1, 0.15) is 5.82 Å². The second kappa shape index (κ2) is 6.42. The lowest BCUT2D eigenvalue weighted by Gasteiger charge is -2.26. The highest BCUT2D eigenvalue weighted by molar-refractivity contribution is 7.89. The van der Waals surface area contributed by atoms with Crippen molar-refractivity contribution in [2.45, 2.75) is 57.1 Å². The highest BCUT2D eigenvalue weighted by atomic mass is 32.2. The topological polar surface area (TPSA) is 66.4 Å². The maximum atomic E-state index is 13.7. The Labute approximate surface area is 125 Å². The number of aliphatic hydroxyl groups is 1. The van der Waals surface area contributed by atoms with Gasteiger partial charge in [0.15, 0.2) is 0 Å². The molecule has 0 atom stereocenters. The quantitative estimate of drug-likeness (QED) is 0.897. The standard InChI is InChI=1S/C15H22FNO3S/c1-10-3-5-13(6-4-10)17-21(19,20)14-7-11(2)15(16)12(8-14)9-18/h7-8,10,13,17-18H,3-6,9H2,1-2H3. The Bertz CT molecular complexity index is 608. The second-order valence-electron chi connectivity index (χ2n) is 5.95. The predicted octanol–water partition coefficient (Wildman–Crippen LogP) is 2.48. The van der Waals surface area contributed by atoms with Gasteiger partial charge in [-0.15, -0.1) is 0 Å². The van der Waals surface area contributed by atoms with Crippen LogP contribution in [-0.4, -0.2) is 19.6 Å². The van der Waals surface area contributed by atoms with Crippen molar-refractivity contribution < 1.29 is 17.9 Å². The first-order chi connectivity index (χ1) is 9.83. The molecule has 1 aromatic carbocycles. The maximum absolute atomic E-state index is 13.7. The Hall–Kier alpha value is -0.980. The number of sulfonamides is 1. The molecular formula is C15H22FNO3S. The highest BCUT2D eigenvalue weighted by Crippen LogP contribution is 2.25. The van der Waals surface area contributed by atoms with E-state index in [4.69, 9.17) is 5.11 Å². The number of hydrogen-bond acceptors (Lipinski definition) is 3. The molecule has 0 saturated heterocycles. The molecule has 1 saturated carbocycles. The Morgan fingerprint density at radius 2 is 1.90 bits per heavy atom. The van der Waals surface area contributed by atoms with Crippen molar-refractivity contribution in [1.29, 1.82) is 0 Å². The maximum Gasteiger partial charge on any atom is 0.240 e. The van der Waals surface area contributed by atoms with Crippen molar-refractivity contribution in [1.82, 2.24) is 4.72 Å². The zero-order valence-corrected chi connectivity index (χ0v) is 13.2. The van der Waals surface area contributed by atoms with E-state index >= 15 is 0 Å². The number of benzene rings is 1. The van der Waals surface area contributed by atoms with Gasteiger partial charge in [-0.05, 0) is 56.2 Å². The third-order valence-corrected chi connectivity index (χ3v) is 5.62. The van der Waals surface area contributed by atoms with Gasteiger partial charge in [-0.25, -0.2) is 17.5 Å². The van der Waals surface area contributed by atoms with Gasteiger partial charge in [-0.2, -0.15) is 0 Å². The van der Waals surface area contributed by atoms with Gasteiger partial charge < -0.3 is 5.11 Å². The molecule has 0 bridgehead atoms. The lowest BCUT2D eigenvalue weighted by Crippen LogP contribution is -2.37. The molecule has 0 heterocycles. The minimum atomic E-state index is -3.68. The molecule has 0 radical (unpaired) electrons. The van der Waals surface area contributed by atoms with Gasteiger partial charge >= 0.3 is 0 Å². The summed E-state index contributed by atoms with van der Waals surface area (Å²) in [5.41, 5.74) is 0.229. The average Bonchev–Trinajstić information content (AvgIpc) is 2.44. The van der Waals surface area contributed by atoms with Gasteiger partial charge in [0, 0.05) is 11.6 Å². The fourth-order valence-corrected chi connectivity index (χ4v) is 4.18.